The molecule has 1 rings (SSSR count). The molecule has 0 spiro atoms. The lowest BCUT2D eigenvalue weighted by molar-refractivity contribution is -0.135. The summed E-state index contributed by atoms with van der Waals surface area (Å²) in [5, 5.41) is 2.81. The van der Waals surface area contributed by atoms with Crippen molar-refractivity contribution in [2.24, 2.45) is 0 Å². The fourth-order valence-corrected chi connectivity index (χ4v) is 1.36. The van der Waals surface area contributed by atoms with Crippen molar-refractivity contribution in [2.75, 3.05) is 17.6 Å². The van der Waals surface area contributed by atoms with Gasteiger partial charge in [0.05, 0.1) is 11.4 Å². The summed E-state index contributed by atoms with van der Waals surface area (Å²) < 4.78 is 48.5. The first-order chi connectivity index (χ1) is 7.90. The average Bonchev–Trinajstić information content (AvgIpc) is 2.22. The zero-order valence-electron chi connectivity index (χ0n) is 9.15. The zero-order chi connectivity index (χ0) is 12.9. The summed E-state index contributed by atoms with van der Waals surface area (Å²) in [7, 11) is 0. The van der Waals surface area contributed by atoms with Gasteiger partial charge in [-0.2, -0.15) is 13.2 Å². The first-order valence-corrected chi connectivity index (χ1v) is 5.25. The Morgan fingerprint density at radius 2 is 1.88 bits per heavy atom. The third-order valence-corrected chi connectivity index (χ3v) is 2.26. The van der Waals surface area contributed by atoms with Crippen LogP contribution in [0.15, 0.2) is 18.2 Å². The number of halogens is 4. The van der Waals surface area contributed by atoms with Gasteiger partial charge in [0.2, 0.25) is 0 Å². The Labute approximate surface area is 96.8 Å². The topological polar surface area (TPSA) is 38.0 Å². The Balaban J connectivity index is 2.29. The van der Waals surface area contributed by atoms with Crippen LogP contribution in [0.25, 0.3) is 0 Å². The lowest BCUT2D eigenvalue weighted by atomic mass is 10.2. The molecule has 0 atom stereocenters. The van der Waals surface area contributed by atoms with Crippen molar-refractivity contribution in [2.45, 2.75) is 25.4 Å². The molecule has 0 unspecified atom stereocenters. The van der Waals surface area contributed by atoms with Gasteiger partial charge in [-0.3, -0.25) is 0 Å². The summed E-state index contributed by atoms with van der Waals surface area (Å²) in [4.78, 5) is 0. The lowest BCUT2D eigenvalue weighted by Crippen LogP contribution is -2.09. The second kappa shape index (κ2) is 5.75. The molecule has 0 aliphatic heterocycles. The van der Waals surface area contributed by atoms with Gasteiger partial charge in [-0.1, -0.05) is 6.07 Å². The number of alkyl halides is 3. The van der Waals surface area contributed by atoms with E-state index in [1.807, 2.05) is 0 Å². The van der Waals surface area contributed by atoms with Crippen LogP contribution in [0.4, 0.5) is 28.9 Å². The van der Waals surface area contributed by atoms with E-state index in [0.717, 1.165) is 0 Å². The standard InChI is InChI=1S/C11H14F4N2/c12-8-4-3-5-9(10(8)16)17-7-2-1-6-11(13,14)15/h3-5,17H,1-2,6-7,16H2. The van der Waals surface area contributed by atoms with Gasteiger partial charge in [-0.05, 0) is 25.0 Å². The third-order valence-electron chi connectivity index (χ3n) is 2.26. The Morgan fingerprint density at radius 1 is 1.18 bits per heavy atom. The molecule has 6 heteroatoms. The number of nitrogens with one attached hydrogen (secondary N) is 1. The maximum absolute atomic E-state index is 13.0. The minimum Gasteiger partial charge on any atom is -0.395 e. The highest BCUT2D eigenvalue weighted by Gasteiger charge is 2.25. The van der Waals surface area contributed by atoms with Crippen LogP contribution in [0.2, 0.25) is 0 Å². The molecule has 1 aromatic rings. The van der Waals surface area contributed by atoms with E-state index in [4.69, 9.17) is 5.73 Å². The number of hydrogen-bond acceptors (Lipinski definition) is 2. The molecule has 0 saturated heterocycles. The Hall–Kier alpha value is -1.46. The third kappa shape index (κ3) is 4.93. The van der Waals surface area contributed by atoms with E-state index >= 15 is 0 Å². The van der Waals surface area contributed by atoms with Crippen LogP contribution in [-0.4, -0.2) is 12.7 Å². The fraction of sp³-hybridized carbons (Fsp3) is 0.455. The number of rotatable bonds is 5. The molecule has 0 heterocycles. The van der Waals surface area contributed by atoms with Crippen molar-refractivity contribution in [1.82, 2.24) is 0 Å². The molecule has 96 valence electrons. The summed E-state index contributed by atoms with van der Waals surface area (Å²) in [6.45, 7) is 0.337. The minimum absolute atomic E-state index is 0.0108. The highest BCUT2D eigenvalue weighted by molar-refractivity contribution is 5.66. The molecule has 0 aliphatic carbocycles. The second-order valence-corrected chi connectivity index (χ2v) is 3.70. The van der Waals surface area contributed by atoms with Crippen molar-refractivity contribution in [3.05, 3.63) is 24.0 Å². The number of unbranched alkanes of at least 4 members (excludes halogenated alkanes) is 1. The highest BCUT2D eigenvalue weighted by Crippen LogP contribution is 2.23. The van der Waals surface area contributed by atoms with E-state index in [2.05, 4.69) is 5.32 Å². The van der Waals surface area contributed by atoms with Gasteiger partial charge in [-0.15, -0.1) is 0 Å². The number of para-hydroxylation sites is 1. The van der Waals surface area contributed by atoms with E-state index in [0.29, 0.717) is 18.7 Å². The van der Waals surface area contributed by atoms with Crippen molar-refractivity contribution in [3.63, 3.8) is 0 Å². The monoisotopic (exact) mass is 250 g/mol. The second-order valence-electron chi connectivity index (χ2n) is 3.70. The highest BCUT2D eigenvalue weighted by atomic mass is 19.4. The number of benzene rings is 1. The summed E-state index contributed by atoms with van der Waals surface area (Å²) in [5.74, 6) is -0.537. The first-order valence-electron chi connectivity index (χ1n) is 5.25. The van der Waals surface area contributed by atoms with Crippen LogP contribution >= 0.6 is 0 Å². The average molecular weight is 250 g/mol. The number of anilines is 2. The summed E-state index contributed by atoms with van der Waals surface area (Å²) in [5.41, 5.74) is 5.85. The van der Waals surface area contributed by atoms with Crippen molar-refractivity contribution < 1.29 is 17.6 Å². The Kier molecular flexibility index (Phi) is 4.60. The molecule has 0 radical (unpaired) electrons. The predicted octanol–water partition coefficient (Wildman–Crippen LogP) is 3.55. The molecule has 0 aliphatic rings. The quantitative estimate of drug-likeness (QED) is 0.476. The lowest BCUT2D eigenvalue weighted by Gasteiger charge is -2.10. The molecule has 3 N–H and O–H groups in total. The number of nitrogen functional groups attached to an aromatic ring is 1. The molecular formula is C11H14F4N2. The number of hydrogen-bond donors (Lipinski definition) is 2. The van der Waals surface area contributed by atoms with E-state index in [1.54, 1.807) is 6.07 Å². The van der Waals surface area contributed by atoms with Crippen LogP contribution < -0.4 is 11.1 Å². The largest absolute Gasteiger partial charge is 0.395 e. The number of nitrogens with two attached hydrogens (primary N) is 1. The van der Waals surface area contributed by atoms with E-state index in [1.165, 1.54) is 12.1 Å². The van der Waals surface area contributed by atoms with Gasteiger partial charge in [0, 0.05) is 13.0 Å². The van der Waals surface area contributed by atoms with Crippen LogP contribution in [0.3, 0.4) is 0 Å². The maximum Gasteiger partial charge on any atom is 0.389 e. The van der Waals surface area contributed by atoms with Crippen molar-refractivity contribution in [1.29, 1.82) is 0 Å². The van der Waals surface area contributed by atoms with Crippen molar-refractivity contribution in [3.8, 4) is 0 Å². The molecule has 0 fully saturated rings. The normalized spacial score (nSPS) is 11.5. The summed E-state index contributed by atoms with van der Waals surface area (Å²) in [6, 6.07) is 4.30. The van der Waals surface area contributed by atoms with Crippen LogP contribution in [0, 0.1) is 5.82 Å². The van der Waals surface area contributed by atoms with E-state index < -0.39 is 18.4 Å². The summed E-state index contributed by atoms with van der Waals surface area (Å²) >= 11 is 0. The van der Waals surface area contributed by atoms with Gasteiger partial charge in [0.25, 0.3) is 0 Å². The van der Waals surface area contributed by atoms with E-state index in [-0.39, 0.29) is 12.1 Å². The maximum atomic E-state index is 13.0. The predicted molar refractivity (Wildman–Crippen MR) is 59.2 cm³/mol. The molecule has 17 heavy (non-hydrogen) atoms. The van der Waals surface area contributed by atoms with Gasteiger partial charge >= 0.3 is 6.18 Å². The van der Waals surface area contributed by atoms with E-state index in [9.17, 15) is 17.6 Å². The Morgan fingerprint density at radius 3 is 2.53 bits per heavy atom. The molecule has 0 aromatic heterocycles. The molecule has 0 amide bonds. The molecule has 1 aromatic carbocycles. The van der Waals surface area contributed by atoms with Crippen LogP contribution in [0.1, 0.15) is 19.3 Å². The summed E-state index contributed by atoms with van der Waals surface area (Å²) in [6.07, 6.45) is -4.51. The van der Waals surface area contributed by atoms with Gasteiger partial charge in [-0.25, -0.2) is 4.39 Å². The van der Waals surface area contributed by atoms with Gasteiger partial charge in [0.15, 0.2) is 0 Å². The van der Waals surface area contributed by atoms with Crippen molar-refractivity contribution >= 4 is 11.4 Å². The van der Waals surface area contributed by atoms with Crippen LogP contribution in [-0.2, 0) is 0 Å². The molecule has 2 nitrogen and oxygen atoms in total. The van der Waals surface area contributed by atoms with Gasteiger partial charge < -0.3 is 11.1 Å². The SMILES string of the molecule is Nc1c(F)cccc1NCCCCC(F)(F)F. The minimum atomic E-state index is -4.11. The Bertz CT molecular complexity index is 363. The molecule has 0 saturated carbocycles. The smallest absolute Gasteiger partial charge is 0.389 e. The zero-order valence-corrected chi connectivity index (χ0v) is 9.15. The van der Waals surface area contributed by atoms with Gasteiger partial charge in [0.1, 0.15) is 5.82 Å². The first kappa shape index (κ1) is 13.6. The van der Waals surface area contributed by atoms with Crippen LogP contribution in [0.5, 0.6) is 0 Å². The molecule has 0 bridgehead atoms. The molecular weight excluding hydrogens is 236 g/mol. The fourth-order valence-electron chi connectivity index (χ4n) is 1.36.